The number of likely N-dealkylation sites (tertiary alicyclic amines) is 1. The lowest BCUT2D eigenvalue weighted by atomic mass is 10.1. The Morgan fingerprint density at radius 2 is 2.09 bits per heavy atom. The van der Waals surface area contributed by atoms with E-state index in [2.05, 4.69) is 32.6 Å². The SMILES string of the molecule is O=C(c1cccc(I)c1)N1CCCC(Oc2ncccn2)C1. The molecule has 0 aliphatic carbocycles. The van der Waals surface area contributed by atoms with Gasteiger partial charge >= 0.3 is 6.01 Å². The van der Waals surface area contributed by atoms with Gasteiger partial charge in [-0.2, -0.15) is 0 Å². The van der Waals surface area contributed by atoms with Crippen LogP contribution >= 0.6 is 22.6 Å². The van der Waals surface area contributed by atoms with Crippen molar-refractivity contribution in [1.29, 1.82) is 0 Å². The summed E-state index contributed by atoms with van der Waals surface area (Å²) < 4.78 is 6.84. The standard InChI is InChI=1S/C16H16IN3O2/c17-13-5-1-4-12(10-13)15(21)20-9-2-6-14(11-20)22-16-18-7-3-8-19-16/h1,3-5,7-8,10,14H,2,6,9,11H2. The van der Waals surface area contributed by atoms with Crippen LogP contribution in [-0.4, -0.2) is 40.0 Å². The van der Waals surface area contributed by atoms with Crippen molar-refractivity contribution in [2.75, 3.05) is 13.1 Å². The number of amides is 1. The number of hydrogen-bond acceptors (Lipinski definition) is 4. The van der Waals surface area contributed by atoms with Crippen LogP contribution in [0.4, 0.5) is 0 Å². The van der Waals surface area contributed by atoms with Gasteiger partial charge in [0.05, 0.1) is 6.54 Å². The monoisotopic (exact) mass is 409 g/mol. The van der Waals surface area contributed by atoms with Gasteiger partial charge in [-0.05, 0) is 59.7 Å². The Balaban J connectivity index is 1.66. The van der Waals surface area contributed by atoms with Crippen molar-refractivity contribution in [3.05, 3.63) is 51.9 Å². The third-order valence-corrected chi connectivity index (χ3v) is 4.22. The molecule has 1 aromatic heterocycles. The molecule has 1 aliphatic rings. The average molecular weight is 409 g/mol. The van der Waals surface area contributed by atoms with Gasteiger partial charge in [0.15, 0.2) is 0 Å². The number of benzene rings is 1. The molecule has 6 heteroatoms. The molecule has 1 fully saturated rings. The highest BCUT2D eigenvalue weighted by molar-refractivity contribution is 14.1. The van der Waals surface area contributed by atoms with E-state index in [9.17, 15) is 4.79 Å². The number of carbonyl (C=O) groups is 1. The van der Waals surface area contributed by atoms with Crippen molar-refractivity contribution in [3.8, 4) is 6.01 Å². The number of carbonyl (C=O) groups excluding carboxylic acids is 1. The lowest BCUT2D eigenvalue weighted by Crippen LogP contribution is -2.44. The van der Waals surface area contributed by atoms with Gasteiger partial charge in [-0.15, -0.1) is 0 Å². The number of halogens is 1. The topological polar surface area (TPSA) is 55.3 Å². The third kappa shape index (κ3) is 3.73. The van der Waals surface area contributed by atoms with Gasteiger partial charge in [0.1, 0.15) is 6.10 Å². The molecule has 0 spiro atoms. The molecule has 1 amide bonds. The molecule has 114 valence electrons. The summed E-state index contributed by atoms with van der Waals surface area (Å²) in [7, 11) is 0. The van der Waals surface area contributed by atoms with Gasteiger partial charge < -0.3 is 9.64 Å². The van der Waals surface area contributed by atoms with Gasteiger partial charge in [0.2, 0.25) is 0 Å². The molecule has 0 N–H and O–H groups in total. The van der Waals surface area contributed by atoms with Gasteiger partial charge in [0.25, 0.3) is 5.91 Å². The molecular weight excluding hydrogens is 393 g/mol. The van der Waals surface area contributed by atoms with Crippen molar-refractivity contribution in [3.63, 3.8) is 0 Å². The van der Waals surface area contributed by atoms with Crippen LogP contribution < -0.4 is 4.74 Å². The van der Waals surface area contributed by atoms with Crippen molar-refractivity contribution in [2.24, 2.45) is 0 Å². The lowest BCUT2D eigenvalue weighted by Gasteiger charge is -2.32. The zero-order valence-electron chi connectivity index (χ0n) is 12.0. The van der Waals surface area contributed by atoms with Crippen molar-refractivity contribution < 1.29 is 9.53 Å². The Hall–Kier alpha value is -1.70. The molecule has 2 heterocycles. The molecule has 0 bridgehead atoms. The maximum atomic E-state index is 12.6. The van der Waals surface area contributed by atoms with Crippen LogP contribution in [0.25, 0.3) is 0 Å². The fourth-order valence-electron chi connectivity index (χ4n) is 2.52. The summed E-state index contributed by atoms with van der Waals surface area (Å²) in [4.78, 5) is 22.6. The van der Waals surface area contributed by atoms with E-state index < -0.39 is 0 Å². The summed E-state index contributed by atoms with van der Waals surface area (Å²) in [6.45, 7) is 1.34. The zero-order chi connectivity index (χ0) is 15.4. The first-order valence-corrected chi connectivity index (χ1v) is 8.29. The molecule has 1 unspecified atom stereocenters. The molecular formula is C16H16IN3O2. The second-order valence-corrected chi connectivity index (χ2v) is 6.42. The van der Waals surface area contributed by atoms with Gasteiger partial charge in [-0.3, -0.25) is 4.79 Å². The minimum Gasteiger partial charge on any atom is -0.458 e. The maximum Gasteiger partial charge on any atom is 0.316 e. The number of ether oxygens (including phenoxy) is 1. The van der Waals surface area contributed by atoms with E-state index >= 15 is 0 Å². The quantitative estimate of drug-likeness (QED) is 0.732. The summed E-state index contributed by atoms with van der Waals surface area (Å²) in [6.07, 6.45) is 5.09. The molecule has 1 aromatic carbocycles. The molecule has 0 radical (unpaired) electrons. The molecule has 0 saturated carbocycles. The molecule has 22 heavy (non-hydrogen) atoms. The van der Waals surface area contributed by atoms with E-state index in [4.69, 9.17) is 4.74 Å². The maximum absolute atomic E-state index is 12.6. The summed E-state index contributed by atoms with van der Waals surface area (Å²) in [6, 6.07) is 9.77. The molecule has 5 nitrogen and oxygen atoms in total. The summed E-state index contributed by atoms with van der Waals surface area (Å²) >= 11 is 2.22. The number of rotatable bonds is 3. The Labute approximate surface area is 142 Å². The van der Waals surface area contributed by atoms with Crippen LogP contribution in [0.5, 0.6) is 6.01 Å². The fraction of sp³-hybridized carbons (Fsp3) is 0.312. The van der Waals surface area contributed by atoms with E-state index in [1.165, 1.54) is 0 Å². The summed E-state index contributed by atoms with van der Waals surface area (Å²) in [5, 5.41) is 0. The predicted octanol–water partition coefficient (Wildman–Crippen LogP) is 2.76. The number of hydrogen-bond donors (Lipinski definition) is 0. The van der Waals surface area contributed by atoms with Crippen molar-refractivity contribution in [1.82, 2.24) is 14.9 Å². The van der Waals surface area contributed by atoms with E-state index in [1.807, 2.05) is 29.2 Å². The Kier molecular flexibility index (Phi) is 4.87. The zero-order valence-corrected chi connectivity index (χ0v) is 14.1. The molecule has 3 rings (SSSR count). The Bertz CT molecular complexity index is 651. The van der Waals surface area contributed by atoms with Crippen LogP contribution in [0.15, 0.2) is 42.7 Å². The van der Waals surface area contributed by atoms with E-state index in [0.717, 1.165) is 28.5 Å². The summed E-state index contributed by atoms with van der Waals surface area (Å²) in [5.74, 6) is 0.0563. The van der Waals surface area contributed by atoms with Gasteiger partial charge in [-0.25, -0.2) is 9.97 Å². The number of aromatic nitrogens is 2. The minimum absolute atomic E-state index is 0.0529. The van der Waals surface area contributed by atoms with Gasteiger partial charge in [0, 0.05) is 28.1 Å². The average Bonchev–Trinajstić information content (AvgIpc) is 2.55. The first kappa shape index (κ1) is 15.2. The highest BCUT2D eigenvalue weighted by atomic mass is 127. The van der Waals surface area contributed by atoms with Crippen LogP contribution in [0, 0.1) is 3.57 Å². The normalized spacial score (nSPS) is 18.0. The Morgan fingerprint density at radius 1 is 1.27 bits per heavy atom. The molecule has 1 atom stereocenters. The lowest BCUT2D eigenvalue weighted by molar-refractivity contribution is 0.0515. The van der Waals surface area contributed by atoms with Crippen molar-refractivity contribution in [2.45, 2.75) is 18.9 Å². The fourth-order valence-corrected chi connectivity index (χ4v) is 3.06. The van der Waals surface area contributed by atoms with E-state index in [1.54, 1.807) is 18.5 Å². The molecule has 1 aliphatic heterocycles. The highest BCUT2D eigenvalue weighted by Crippen LogP contribution is 2.18. The smallest absolute Gasteiger partial charge is 0.316 e. The second kappa shape index (κ2) is 7.04. The van der Waals surface area contributed by atoms with Gasteiger partial charge in [-0.1, -0.05) is 6.07 Å². The number of piperidine rings is 1. The van der Waals surface area contributed by atoms with Crippen LogP contribution in [-0.2, 0) is 0 Å². The molecule has 1 saturated heterocycles. The highest BCUT2D eigenvalue weighted by Gasteiger charge is 2.26. The number of nitrogens with zero attached hydrogens (tertiary/aromatic N) is 3. The van der Waals surface area contributed by atoms with Crippen LogP contribution in [0.1, 0.15) is 23.2 Å². The Morgan fingerprint density at radius 3 is 2.86 bits per heavy atom. The first-order valence-electron chi connectivity index (χ1n) is 7.21. The second-order valence-electron chi connectivity index (χ2n) is 5.17. The summed E-state index contributed by atoms with van der Waals surface area (Å²) in [5.41, 5.74) is 0.725. The third-order valence-electron chi connectivity index (χ3n) is 3.55. The van der Waals surface area contributed by atoms with E-state index in [-0.39, 0.29) is 12.0 Å². The van der Waals surface area contributed by atoms with Crippen LogP contribution in [0.3, 0.4) is 0 Å². The van der Waals surface area contributed by atoms with Crippen molar-refractivity contribution >= 4 is 28.5 Å². The molecule has 2 aromatic rings. The minimum atomic E-state index is -0.0529. The first-order chi connectivity index (χ1) is 10.7. The largest absolute Gasteiger partial charge is 0.458 e. The van der Waals surface area contributed by atoms with E-state index in [0.29, 0.717) is 12.6 Å². The van der Waals surface area contributed by atoms with Crippen LogP contribution in [0.2, 0.25) is 0 Å². The predicted molar refractivity (Wildman–Crippen MR) is 90.7 cm³/mol.